The molecule has 2 nitrogen and oxygen atoms in total. The minimum absolute atomic E-state index is 0.211. The van der Waals surface area contributed by atoms with Crippen LogP contribution in [0.3, 0.4) is 0 Å². The van der Waals surface area contributed by atoms with Gasteiger partial charge in [0.05, 0.1) is 6.61 Å². The van der Waals surface area contributed by atoms with Crippen LogP contribution in [-0.2, 0) is 9.53 Å². The molecule has 0 amide bonds. The lowest BCUT2D eigenvalue weighted by molar-refractivity contribution is -0.140. The van der Waals surface area contributed by atoms with Crippen molar-refractivity contribution in [1.29, 1.82) is 0 Å². The van der Waals surface area contributed by atoms with Gasteiger partial charge in [-0.15, -0.1) is 0 Å². The van der Waals surface area contributed by atoms with E-state index in [4.69, 9.17) is 0 Å². The number of carbonyl (C=O) groups excluding carboxylic acids is 1. The monoisotopic (exact) mass is 599 g/mol. The van der Waals surface area contributed by atoms with Gasteiger partial charge >= 0.3 is 5.97 Å². The van der Waals surface area contributed by atoms with E-state index in [0.29, 0.717) is 6.61 Å². The Labute approximate surface area is 269 Å². The molecular weight excluding hydrogens is 512 g/mol. The first-order valence-electron chi connectivity index (χ1n) is 19.6. The topological polar surface area (TPSA) is 26.3 Å². The molecule has 0 bridgehead atoms. The van der Waals surface area contributed by atoms with E-state index in [1.807, 2.05) is 0 Å². The van der Waals surface area contributed by atoms with Gasteiger partial charge in [-0.1, -0.05) is 234 Å². The molecule has 2 heteroatoms. The standard InChI is InChI=1S/3C12H26.C4H8O2/c3*1-3-5-7-9-11-12-10-8-6-4-2;1-3-6-4(2)5/h3*3-12H2,1-2H3;3H2,1-2H3. The zero-order valence-corrected chi connectivity index (χ0v) is 31.2. The third kappa shape index (κ3) is 67.3. The van der Waals surface area contributed by atoms with Crippen molar-refractivity contribution in [3.8, 4) is 0 Å². The van der Waals surface area contributed by atoms with Crippen LogP contribution in [0.25, 0.3) is 0 Å². The van der Waals surface area contributed by atoms with Crippen molar-refractivity contribution >= 4 is 5.97 Å². The molecule has 0 atom stereocenters. The third-order valence-corrected chi connectivity index (χ3v) is 7.72. The highest BCUT2D eigenvalue weighted by Gasteiger charge is 1.92. The maximum Gasteiger partial charge on any atom is 0.302 e. The van der Waals surface area contributed by atoms with Crippen molar-refractivity contribution < 1.29 is 9.53 Å². The highest BCUT2D eigenvalue weighted by Crippen LogP contribution is 2.12. The lowest BCUT2D eigenvalue weighted by atomic mass is 10.1. The maximum atomic E-state index is 9.82. The van der Waals surface area contributed by atoms with E-state index in [1.165, 1.54) is 200 Å². The Hall–Kier alpha value is -0.530. The average molecular weight is 599 g/mol. The molecule has 0 aliphatic rings. The Morgan fingerprint density at radius 2 is 0.452 bits per heavy atom. The molecule has 0 saturated carbocycles. The Balaban J connectivity index is -0.000000235. The van der Waals surface area contributed by atoms with Crippen molar-refractivity contribution in [3.63, 3.8) is 0 Å². The van der Waals surface area contributed by atoms with Crippen LogP contribution in [0.2, 0.25) is 0 Å². The molecule has 258 valence electrons. The smallest absolute Gasteiger partial charge is 0.302 e. The summed E-state index contributed by atoms with van der Waals surface area (Å²) in [6, 6.07) is 0. The Morgan fingerprint density at radius 3 is 0.524 bits per heavy atom. The molecule has 42 heavy (non-hydrogen) atoms. The van der Waals surface area contributed by atoms with Gasteiger partial charge in [-0.05, 0) is 6.92 Å². The second kappa shape index (κ2) is 53.1. The van der Waals surface area contributed by atoms with E-state index < -0.39 is 0 Å². The Bertz CT molecular complexity index is 329. The van der Waals surface area contributed by atoms with Crippen molar-refractivity contribution in [2.24, 2.45) is 0 Å². The third-order valence-electron chi connectivity index (χ3n) is 7.72. The lowest BCUT2D eigenvalue weighted by Gasteiger charge is -1.99. The van der Waals surface area contributed by atoms with E-state index in [2.05, 4.69) is 46.3 Å². The predicted molar refractivity (Wildman–Crippen MR) is 195 cm³/mol. The van der Waals surface area contributed by atoms with Gasteiger partial charge in [0.2, 0.25) is 0 Å². The lowest BCUT2D eigenvalue weighted by Crippen LogP contribution is -1.95. The molecule has 0 unspecified atom stereocenters. The summed E-state index contributed by atoms with van der Waals surface area (Å²) in [6.07, 6.45) is 43.3. The molecule has 0 saturated heterocycles. The van der Waals surface area contributed by atoms with Crippen molar-refractivity contribution in [2.45, 2.75) is 248 Å². The largest absolute Gasteiger partial charge is 0.466 e. The van der Waals surface area contributed by atoms with E-state index in [9.17, 15) is 4.79 Å². The molecule has 0 aliphatic heterocycles. The minimum atomic E-state index is -0.211. The van der Waals surface area contributed by atoms with Gasteiger partial charge in [-0.25, -0.2) is 0 Å². The summed E-state index contributed by atoms with van der Waals surface area (Å²) in [6.45, 7) is 17.3. The summed E-state index contributed by atoms with van der Waals surface area (Å²) in [5.41, 5.74) is 0. The number of hydrogen-bond donors (Lipinski definition) is 0. The molecule has 0 aliphatic carbocycles. The maximum absolute atomic E-state index is 9.82. The second-order valence-corrected chi connectivity index (χ2v) is 12.4. The molecule has 0 radical (unpaired) electrons. The van der Waals surface area contributed by atoms with Crippen LogP contribution in [-0.4, -0.2) is 12.6 Å². The number of hydrogen-bond acceptors (Lipinski definition) is 2. The molecule has 0 aromatic heterocycles. The van der Waals surface area contributed by atoms with E-state index >= 15 is 0 Å². The number of rotatable bonds is 28. The molecule has 0 fully saturated rings. The fourth-order valence-electron chi connectivity index (χ4n) is 4.89. The number of ether oxygens (including phenoxy) is 1. The van der Waals surface area contributed by atoms with E-state index in [-0.39, 0.29) is 5.97 Å². The molecule has 0 spiro atoms. The van der Waals surface area contributed by atoms with Gasteiger partial charge in [-0.3, -0.25) is 4.79 Å². The van der Waals surface area contributed by atoms with Gasteiger partial charge in [0.15, 0.2) is 0 Å². The van der Waals surface area contributed by atoms with Crippen LogP contribution in [0.4, 0.5) is 0 Å². The SMILES string of the molecule is CCCCCCCCCCCC.CCCCCCCCCCCC.CCCCCCCCCCCC.CCOC(C)=O. The normalized spacial score (nSPS) is 10.1. The fraction of sp³-hybridized carbons (Fsp3) is 0.975. The van der Waals surface area contributed by atoms with Gasteiger partial charge in [0.25, 0.3) is 0 Å². The molecule has 0 heterocycles. The summed E-state index contributed by atoms with van der Waals surface area (Å²) in [7, 11) is 0. The quantitative estimate of drug-likeness (QED) is 0.0661. The molecule has 0 N–H and O–H groups in total. The summed E-state index contributed by atoms with van der Waals surface area (Å²) in [4.78, 5) is 9.82. The number of carbonyl (C=O) groups is 1. The minimum Gasteiger partial charge on any atom is -0.466 e. The predicted octanol–water partition coefficient (Wildman–Crippen LogP) is 15.4. The summed E-state index contributed by atoms with van der Waals surface area (Å²) in [5, 5.41) is 0. The molecule has 0 rings (SSSR count). The Morgan fingerprint density at radius 1 is 0.310 bits per heavy atom. The van der Waals surface area contributed by atoms with Crippen LogP contribution in [0.5, 0.6) is 0 Å². The summed E-state index contributed by atoms with van der Waals surface area (Å²) < 4.78 is 4.40. The van der Waals surface area contributed by atoms with Gasteiger partial charge in [0, 0.05) is 6.92 Å². The highest BCUT2D eigenvalue weighted by molar-refractivity contribution is 5.65. The first-order chi connectivity index (χ1) is 20.5. The van der Waals surface area contributed by atoms with Crippen LogP contribution in [0, 0.1) is 0 Å². The summed E-state index contributed by atoms with van der Waals surface area (Å²) in [5.74, 6) is -0.211. The highest BCUT2D eigenvalue weighted by atomic mass is 16.5. The van der Waals surface area contributed by atoms with Crippen LogP contribution in [0.15, 0.2) is 0 Å². The first kappa shape index (κ1) is 48.4. The van der Waals surface area contributed by atoms with Gasteiger partial charge in [0.1, 0.15) is 0 Å². The number of esters is 1. The van der Waals surface area contributed by atoms with Crippen LogP contribution in [0.1, 0.15) is 248 Å². The Kier molecular flexibility index (Phi) is 61.1. The van der Waals surface area contributed by atoms with Crippen molar-refractivity contribution in [3.05, 3.63) is 0 Å². The van der Waals surface area contributed by atoms with Gasteiger partial charge in [-0.2, -0.15) is 0 Å². The summed E-state index contributed by atoms with van der Waals surface area (Å²) >= 11 is 0. The van der Waals surface area contributed by atoms with Crippen molar-refractivity contribution in [2.75, 3.05) is 6.61 Å². The van der Waals surface area contributed by atoms with Crippen LogP contribution >= 0.6 is 0 Å². The van der Waals surface area contributed by atoms with Gasteiger partial charge < -0.3 is 4.74 Å². The molecule has 0 aromatic carbocycles. The second-order valence-electron chi connectivity index (χ2n) is 12.4. The van der Waals surface area contributed by atoms with Crippen molar-refractivity contribution in [1.82, 2.24) is 0 Å². The van der Waals surface area contributed by atoms with E-state index in [0.717, 1.165) is 0 Å². The zero-order chi connectivity index (χ0) is 32.2. The zero-order valence-electron chi connectivity index (χ0n) is 31.2. The fourth-order valence-corrected chi connectivity index (χ4v) is 4.89. The molecular formula is C40H86O2. The average Bonchev–Trinajstić information content (AvgIpc) is 2.98. The van der Waals surface area contributed by atoms with Crippen LogP contribution < -0.4 is 0 Å². The first-order valence-corrected chi connectivity index (χ1v) is 19.6. The molecule has 0 aromatic rings. The number of unbranched alkanes of at least 4 members (excludes halogenated alkanes) is 27. The van der Waals surface area contributed by atoms with E-state index in [1.54, 1.807) is 6.92 Å².